The van der Waals surface area contributed by atoms with Crippen LogP contribution < -0.4 is 10.6 Å². The van der Waals surface area contributed by atoms with E-state index in [1.165, 1.54) is 12.3 Å². The van der Waals surface area contributed by atoms with E-state index in [1.54, 1.807) is 6.07 Å². The van der Waals surface area contributed by atoms with Crippen LogP contribution in [0.5, 0.6) is 0 Å². The molecule has 1 aliphatic rings. The summed E-state index contributed by atoms with van der Waals surface area (Å²) in [6.07, 6.45) is 2.47. The Labute approximate surface area is 108 Å². The highest BCUT2D eigenvalue weighted by Gasteiger charge is 2.24. The lowest BCUT2D eigenvalue weighted by atomic mass is 10.2. The van der Waals surface area contributed by atoms with E-state index in [2.05, 4.69) is 15.6 Å². The van der Waals surface area contributed by atoms with E-state index >= 15 is 0 Å². The van der Waals surface area contributed by atoms with Crippen LogP contribution in [-0.2, 0) is 4.79 Å². The molecule has 0 saturated carbocycles. The maximum atomic E-state index is 11.0. The van der Waals surface area contributed by atoms with E-state index in [1.807, 2.05) is 0 Å². The molecular formula is C11H11N5O3. The number of carbonyl (C=O) groups is 1. The molecule has 1 unspecified atom stereocenters. The largest absolute Gasteiger partial charge is 0.362 e. The number of aromatic nitrogens is 1. The highest BCUT2D eigenvalue weighted by atomic mass is 16.6. The fourth-order valence-corrected chi connectivity index (χ4v) is 1.91. The number of nitrogens with one attached hydrogen (secondary N) is 2. The average Bonchev–Trinajstić information content (AvgIpc) is 2.81. The number of amides is 1. The molecule has 0 aliphatic carbocycles. The molecule has 0 aromatic carbocycles. The predicted octanol–water partition coefficient (Wildman–Crippen LogP) is 0.552. The van der Waals surface area contributed by atoms with Crippen LogP contribution in [0, 0.1) is 21.4 Å². The first kappa shape index (κ1) is 12.8. The summed E-state index contributed by atoms with van der Waals surface area (Å²) in [6, 6.07) is 2.98. The minimum absolute atomic E-state index is 0.0277. The van der Waals surface area contributed by atoms with Crippen molar-refractivity contribution in [2.75, 3.05) is 11.9 Å². The zero-order valence-electron chi connectivity index (χ0n) is 9.92. The molecule has 1 aromatic rings. The van der Waals surface area contributed by atoms with E-state index in [0.717, 1.165) is 0 Å². The quantitative estimate of drug-likeness (QED) is 0.603. The standard InChI is InChI=1S/C11H11N5O3/c12-5-7-3-4-13-11(10(7)16(18)19)14-6-8-1-2-9(17)15-8/h3-4,8H,1-2,6H2,(H,13,14)(H,15,17). The minimum Gasteiger partial charge on any atom is -0.362 e. The monoisotopic (exact) mass is 261 g/mol. The molecule has 8 nitrogen and oxygen atoms in total. The normalized spacial score (nSPS) is 17.6. The summed E-state index contributed by atoms with van der Waals surface area (Å²) in [5.74, 6) is 0.0187. The van der Waals surface area contributed by atoms with Gasteiger partial charge in [0.25, 0.3) is 0 Å². The lowest BCUT2D eigenvalue weighted by molar-refractivity contribution is -0.384. The van der Waals surface area contributed by atoms with Crippen LogP contribution in [0.2, 0.25) is 0 Å². The number of rotatable bonds is 4. The molecule has 0 spiro atoms. The lowest BCUT2D eigenvalue weighted by Crippen LogP contribution is -2.32. The van der Waals surface area contributed by atoms with Crippen LogP contribution in [0.3, 0.4) is 0 Å². The van der Waals surface area contributed by atoms with Crippen LogP contribution in [0.4, 0.5) is 11.5 Å². The number of pyridine rings is 1. The van der Waals surface area contributed by atoms with Gasteiger partial charge in [0.15, 0.2) is 0 Å². The van der Waals surface area contributed by atoms with Crippen LogP contribution in [0.15, 0.2) is 12.3 Å². The smallest absolute Gasteiger partial charge is 0.328 e. The number of hydrogen-bond donors (Lipinski definition) is 2. The first-order valence-electron chi connectivity index (χ1n) is 5.68. The van der Waals surface area contributed by atoms with Crippen molar-refractivity contribution in [3.05, 3.63) is 27.9 Å². The second kappa shape index (κ2) is 5.30. The molecule has 1 saturated heterocycles. The molecule has 1 fully saturated rings. The summed E-state index contributed by atoms with van der Waals surface area (Å²) in [4.78, 5) is 25.2. The van der Waals surface area contributed by atoms with Gasteiger partial charge in [-0.3, -0.25) is 14.9 Å². The molecule has 1 aliphatic heterocycles. The van der Waals surface area contributed by atoms with Crippen molar-refractivity contribution in [3.63, 3.8) is 0 Å². The molecular weight excluding hydrogens is 250 g/mol. The van der Waals surface area contributed by atoms with Crippen molar-refractivity contribution in [1.82, 2.24) is 10.3 Å². The van der Waals surface area contributed by atoms with Gasteiger partial charge >= 0.3 is 5.69 Å². The first-order chi connectivity index (χ1) is 9.11. The van der Waals surface area contributed by atoms with Gasteiger partial charge in [0.1, 0.15) is 11.6 Å². The second-order valence-electron chi connectivity index (χ2n) is 4.11. The number of nitro groups is 1. The predicted molar refractivity (Wildman–Crippen MR) is 65.3 cm³/mol. The third kappa shape index (κ3) is 2.77. The third-order valence-corrected chi connectivity index (χ3v) is 2.83. The van der Waals surface area contributed by atoms with Gasteiger partial charge in [-0.15, -0.1) is 0 Å². The molecule has 0 radical (unpaired) electrons. The second-order valence-corrected chi connectivity index (χ2v) is 4.11. The van der Waals surface area contributed by atoms with E-state index in [4.69, 9.17) is 5.26 Å². The van der Waals surface area contributed by atoms with Crippen LogP contribution >= 0.6 is 0 Å². The van der Waals surface area contributed by atoms with E-state index in [9.17, 15) is 14.9 Å². The summed E-state index contributed by atoms with van der Waals surface area (Å²) < 4.78 is 0. The number of hydrogen-bond acceptors (Lipinski definition) is 6. The molecule has 2 N–H and O–H groups in total. The van der Waals surface area contributed by atoms with Crippen molar-refractivity contribution in [2.45, 2.75) is 18.9 Å². The van der Waals surface area contributed by atoms with Gasteiger partial charge in [0.2, 0.25) is 11.7 Å². The van der Waals surface area contributed by atoms with Crippen LogP contribution in [0.25, 0.3) is 0 Å². The molecule has 98 valence electrons. The van der Waals surface area contributed by atoms with Crippen molar-refractivity contribution in [1.29, 1.82) is 5.26 Å². The molecule has 1 atom stereocenters. The Hall–Kier alpha value is -2.69. The van der Waals surface area contributed by atoms with E-state index in [0.29, 0.717) is 19.4 Å². The topological polar surface area (TPSA) is 121 Å². The summed E-state index contributed by atoms with van der Waals surface area (Å²) in [5.41, 5.74) is -0.382. The SMILES string of the molecule is N#Cc1ccnc(NCC2CCC(=O)N2)c1[N+](=O)[O-]. The Morgan fingerprint density at radius 3 is 3.05 bits per heavy atom. The fourth-order valence-electron chi connectivity index (χ4n) is 1.91. The molecule has 1 amide bonds. The Bertz CT molecular complexity index is 566. The van der Waals surface area contributed by atoms with Gasteiger partial charge in [-0.05, 0) is 12.5 Å². The van der Waals surface area contributed by atoms with Crippen molar-refractivity contribution < 1.29 is 9.72 Å². The van der Waals surface area contributed by atoms with E-state index < -0.39 is 4.92 Å². The molecule has 2 heterocycles. The Balaban J connectivity index is 2.14. The zero-order chi connectivity index (χ0) is 13.8. The molecule has 8 heteroatoms. The lowest BCUT2D eigenvalue weighted by Gasteiger charge is -2.11. The van der Waals surface area contributed by atoms with Crippen molar-refractivity contribution in [2.24, 2.45) is 0 Å². The Kier molecular flexibility index (Phi) is 3.56. The maximum Gasteiger partial charge on any atom is 0.328 e. The first-order valence-corrected chi connectivity index (χ1v) is 5.68. The highest BCUT2D eigenvalue weighted by molar-refractivity contribution is 5.78. The van der Waals surface area contributed by atoms with Crippen molar-refractivity contribution >= 4 is 17.4 Å². The summed E-state index contributed by atoms with van der Waals surface area (Å²) in [6.45, 7) is 0.342. The number of nitrogens with zero attached hydrogens (tertiary/aromatic N) is 3. The van der Waals surface area contributed by atoms with Gasteiger partial charge < -0.3 is 10.6 Å². The minimum atomic E-state index is -0.638. The van der Waals surface area contributed by atoms with Gasteiger partial charge in [-0.25, -0.2) is 4.98 Å². The van der Waals surface area contributed by atoms with Gasteiger partial charge in [-0.1, -0.05) is 0 Å². The summed E-state index contributed by atoms with van der Waals surface area (Å²) >= 11 is 0. The highest BCUT2D eigenvalue weighted by Crippen LogP contribution is 2.25. The molecule has 0 bridgehead atoms. The molecule has 1 aromatic heterocycles. The van der Waals surface area contributed by atoms with Gasteiger partial charge in [0, 0.05) is 25.2 Å². The molecule has 19 heavy (non-hydrogen) atoms. The summed E-state index contributed by atoms with van der Waals surface area (Å²) in [7, 11) is 0. The van der Waals surface area contributed by atoms with E-state index in [-0.39, 0.29) is 29.0 Å². The van der Waals surface area contributed by atoms with Crippen LogP contribution in [0.1, 0.15) is 18.4 Å². The zero-order valence-corrected chi connectivity index (χ0v) is 9.92. The summed E-state index contributed by atoms with van der Waals surface area (Å²) in [5, 5.41) is 25.3. The number of nitriles is 1. The van der Waals surface area contributed by atoms with Crippen LogP contribution in [-0.4, -0.2) is 28.4 Å². The fraction of sp³-hybridized carbons (Fsp3) is 0.364. The Morgan fingerprint density at radius 2 is 2.47 bits per heavy atom. The average molecular weight is 261 g/mol. The Morgan fingerprint density at radius 1 is 1.68 bits per heavy atom. The number of anilines is 1. The van der Waals surface area contributed by atoms with Gasteiger partial charge in [0.05, 0.1) is 4.92 Å². The van der Waals surface area contributed by atoms with Crippen molar-refractivity contribution in [3.8, 4) is 6.07 Å². The number of carbonyl (C=O) groups excluding carboxylic acids is 1. The van der Waals surface area contributed by atoms with Gasteiger partial charge in [-0.2, -0.15) is 5.26 Å². The molecule has 2 rings (SSSR count). The third-order valence-electron chi connectivity index (χ3n) is 2.83. The maximum absolute atomic E-state index is 11.0.